The molecule has 7 atom stereocenters. The Balaban J connectivity index is 1.68. The Hall–Kier alpha value is -0.630. The van der Waals surface area contributed by atoms with E-state index in [0.717, 1.165) is 32.1 Å². The minimum atomic E-state index is -0.187. The number of halogens is 1. The maximum absolute atomic E-state index is 13.8. The highest BCUT2D eigenvalue weighted by molar-refractivity contribution is 5.26. The molecule has 23 heavy (non-hydrogen) atoms. The molecule has 3 saturated carbocycles. The summed E-state index contributed by atoms with van der Waals surface area (Å²) in [6.07, 6.45) is 11.0. The van der Waals surface area contributed by atoms with Crippen molar-refractivity contribution in [3.05, 3.63) is 24.1 Å². The Morgan fingerprint density at radius 2 is 2.09 bits per heavy atom. The second-order valence-electron chi connectivity index (χ2n) is 9.31. The van der Waals surface area contributed by atoms with Crippen LogP contribution in [-0.4, -0.2) is 11.2 Å². The quantitative estimate of drug-likeness (QED) is 0.641. The summed E-state index contributed by atoms with van der Waals surface area (Å²) in [5.74, 6) is 1.77. The highest BCUT2D eigenvalue weighted by atomic mass is 19.1. The SMILES string of the molecule is C=C(F)C1C[C@H]2[C@@H]3CC=C4CCCC(O)[C@]4(C)[C@@H]3CC[C@]2(C)C1. The van der Waals surface area contributed by atoms with Crippen LogP contribution in [-0.2, 0) is 0 Å². The van der Waals surface area contributed by atoms with E-state index in [1.165, 1.54) is 24.8 Å². The number of allylic oxidation sites excluding steroid dienone is 2. The lowest BCUT2D eigenvalue weighted by Crippen LogP contribution is -2.53. The van der Waals surface area contributed by atoms with Crippen molar-refractivity contribution in [2.24, 2.45) is 34.5 Å². The van der Waals surface area contributed by atoms with E-state index in [9.17, 15) is 9.50 Å². The van der Waals surface area contributed by atoms with Gasteiger partial charge in [-0.2, -0.15) is 0 Å². The van der Waals surface area contributed by atoms with Crippen LogP contribution in [0.15, 0.2) is 24.1 Å². The molecule has 4 aliphatic carbocycles. The lowest BCUT2D eigenvalue weighted by molar-refractivity contribution is -0.0814. The van der Waals surface area contributed by atoms with Crippen molar-refractivity contribution in [3.8, 4) is 0 Å². The van der Waals surface area contributed by atoms with Gasteiger partial charge in [-0.15, -0.1) is 0 Å². The Labute approximate surface area is 140 Å². The highest BCUT2D eigenvalue weighted by Crippen LogP contribution is 2.66. The second-order valence-corrected chi connectivity index (χ2v) is 9.31. The van der Waals surface area contributed by atoms with Crippen LogP contribution in [0.5, 0.6) is 0 Å². The Morgan fingerprint density at radius 3 is 2.83 bits per heavy atom. The molecule has 0 bridgehead atoms. The molecular formula is C21H31FO. The van der Waals surface area contributed by atoms with Gasteiger partial charge in [0.25, 0.3) is 0 Å². The molecule has 4 rings (SSSR count). The molecule has 1 N–H and O–H groups in total. The molecule has 2 heteroatoms. The average molecular weight is 318 g/mol. The molecule has 0 radical (unpaired) electrons. The Morgan fingerprint density at radius 1 is 1.30 bits per heavy atom. The van der Waals surface area contributed by atoms with Crippen LogP contribution < -0.4 is 0 Å². The largest absolute Gasteiger partial charge is 0.392 e. The summed E-state index contributed by atoms with van der Waals surface area (Å²) in [6, 6.07) is 0. The van der Waals surface area contributed by atoms with Crippen molar-refractivity contribution in [3.63, 3.8) is 0 Å². The summed E-state index contributed by atoms with van der Waals surface area (Å²) in [5, 5.41) is 10.8. The first-order valence-electron chi connectivity index (χ1n) is 9.58. The highest BCUT2D eigenvalue weighted by Gasteiger charge is 2.59. The monoisotopic (exact) mass is 318 g/mol. The Bertz CT molecular complexity index is 552. The minimum Gasteiger partial charge on any atom is -0.392 e. The fourth-order valence-electron chi connectivity index (χ4n) is 7.01. The first-order valence-corrected chi connectivity index (χ1v) is 9.58. The fourth-order valence-corrected chi connectivity index (χ4v) is 7.01. The van der Waals surface area contributed by atoms with Gasteiger partial charge in [0.1, 0.15) is 0 Å². The lowest BCUT2D eigenvalue weighted by Gasteiger charge is -2.58. The van der Waals surface area contributed by atoms with Gasteiger partial charge in [-0.3, -0.25) is 0 Å². The van der Waals surface area contributed by atoms with Gasteiger partial charge in [0, 0.05) is 11.3 Å². The van der Waals surface area contributed by atoms with Crippen molar-refractivity contribution >= 4 is 0 Å². The van der Waals surface area contributed by atoms with Gasteiger partial charge < -0.3 is 5.11 Å². The van der Waals surface area contributed by atoms with Gasteiger partial charge in [0.05, 0.1) is 11.9 Å². The normalized spacial score (nSPS) is 52.2. The summed E-state index contributed by atoms with van der Waals surface area (Å²) in [7, 11) is 0. The zero-order valence-corrected chi connectivity index (χ0v) is 14.7. The van der Waals surface area contributed by atoms with Crippen LogP contribution in [0.2, 0.25) is 0 Å². The smallest absolute Gasteiger partial charge is 0.0959 e. The molecular weight excluding hydrogens is 287 g/mol. The molecule has 0 spiro atoms. The van der Waals surface area contributed by atoms with Crippen LogP contribution >= 0.6 is 0 Å². The van der Waals surface area contributed by atoms with E-state index < -0.39 is 0 Å². The number of hydrogen-bond acceptors (Lipinski definition) is 1. The van der Waals surface area contributed by atoms with E-state index in [1.807, 2.05) is 0 Å². The first kappa shape index (κ1) is 15.9. The van der Waals surface area contributed by atoms with Crippen LogP contribution in [0.25, 0.3) is 0 Å². The molecule has 0 saturated heterocycles. The maximum Gasteiger partial charge on any atom is 0.0959 e. The molecule has 0 heterocycles. The number of rotatable bonds is 1. The molecule has 1 nitrogen and oxygen atoms in total. The molecule has 0 aliphatic heterocycles. The van der Waals surface area contributed by atoms with E-state index in [-0.39, 0.29) is 28.7 Å². The summed E-state index contributed by atoms with van der Waals surface area (Å²) in [5.41, 5.74) is 1.78. The van der Waals surface area contributed by atoms with E-state index in [0.29, 0.717) is 17.8 Å². The predicted octanol–water partition coefficient (Wildman–Crippen LogP) is 5.41. The molecule has 0 aromatic heterocycles. The molecule has 0 aromatic rings. The maximum atomic E-state index is 13.8. The van der Waals surface area contributed by atoms with Crippen LogP contribution in [0.1, 0.15) is 65.2 Å². The van der Waals surface area contributed by atoms with E-state index in [1.54, 1.807) is 0 Å². The van der Waals surface area contributed by atoms with Crippen molar-refractivity contribution in [2.45, 2.75) is 71.3 Å². The first-order chi connectivity index (χ1) is 10.9. The zero-order valence-electron chi connectivity index (χ0n) is 14.7. The molecule has 2 unspecified atom stereocenters. The van der Waals surface area contributed by atoms with Gasteiger partial charge >= 0.3 is 0 Å². The van der Waals surface area contributed by atoms with E-state index in [2.05, 4.69) is 26.5 Å². The van der Waals surface area contributed by atoms with Gasteiger partial charge in [-0.25, -0.2) is 4.39 Å². The molecule has 0 aromatic carbocycles. The van der Waals surface area contributed by atoms with E-state index in [4.69, 9.17) is 0 Å². The third-order valence-electron chi connectivity index (χ3n) is 8.36. The number of fused-ring (bicyclic) bond motifs is 5. The van der Waals surface area contributed by atoms with Crippen molar-refractivity contribution in [1.82, 2.24) is 0 Å². The third-order valence-corrected chi connectivity index (χ3v) is 8.36. The molecule has 0 amide bonds. The van der Waals surface area contributed by atoms with Gasteiger partial charge in [0.2, 0.25) is 0 Å². The summed E-state index contributed by atoms with van der Waals surface area (Å²) < 4.78 is 13.8. The average Bonchev–Trinajstić information content (AvgIpc) is 2.86. The summed E-state index contributed by atoms with van der Waals surface area (Å²) in [4.78, 5) is 0. The second kappa shape index (κ2) is 5.18. The van der Waals surface area contributed by atoms with Crippen LogP contribution in [0.3, 0.4) is 0 Å². The third kappa shape index (κ3) is 2.13. The molecule has 128 valence electrons. The van der Waals surface area contributed by atoms with Gasteiger partial charge in [0.15, 0.2) is 0 Å². The topological polar surface area (TPSA) is 20.2 Å². The summed E-state index contributed by atoms with van der Waals surface area (Å²) in [6.45, 7) is 8.31. The minimum absolute atomic E-state index is 0.0205. The number of hydrogen-bond donors (Lipinski definition) is 1. The van der Waals surface area contributed by atoms with Crippen molar-refractivity contribution in [2.75, 3.05) is 0 Å². The van der Waals surface area contributed by atoms with Gasteiger partial charge in [-0.1, -0.05) is 32.1 Å². The predicted molar refractivity (Wildman–Crippen MR) is 91.4 cm³/mol. The van der Waals surface area contributed by atoms with Gasteiger partial charge in [-0.05, 0) is 74.5 Å². The zero-order chi connectivity index (χ0) is 16.4. The Kier molecular flexibility index (Phi) is 3.58. The van der Waals surface area contributed by atoms with Crippen molar-refractivity contribution in [1.29, 1.82) is 0 Å². The fraction of sp³-hybridized carbons (Fsp3) is 0.810. The van der Waals surface area contributed by atoms with Crippen molar-refractivity contribution < 1.29 is 9.50 Å². The van der Waals surface area contributed by atoms with Crippen LogP contribution in [0, 0.1) is 34.5 Å². The lowest BCUT2D eigenvalue weighted by atomic mass is 9.47. The molecule has 4 aliphatic rings. The van der Waals surface area contributed by atoms with Crippen LogP contribution in [0.4, 0.5) is 4.39 Å². The number of aliphatic hydroxyl groups is 1. The van der Waals surface area contributed by atoms with E-state index >= 15 is 0 Å². The summed E-state index contributed by atoms with van der Waals surface area (Å²) >= 11 is 0. The molecule has 3 fully saturated rings. The number of aliphatic hydroxyl groups excluding tert-OH is 1. The standard InChI is InChI=1S/C21H31FO/c1-13(22)14-11-18-16-8-7-15-5-4-6-19(23)21(15,3)17(16)9-10-20(18,2)12-14/h7,14,16-19,23H,1,4-6,8-12H2,2-3H3/t14?,16-,17-,18+,19?,20-,21+/m1/s1.